The molecule has 0 aromatic rings. The fraction of sp³-hybridized carbons (Fsp3) is 0.923. The van der Waals surface area contributed by atoms with Crippen molar-refractivity contribution in [3.05, 3.63) is 0 Å². The van der Waals surface area contributed by atoms with Crippen molar-refractivity contribution >= 4 is 5.91 Å². The van der Waals surface area contributed by atoms with Crippen molar-refractivity contribution in [2.75, 3.05) is 14.1 Å². The van der Waals surface area contributed by atoms with Gasteiger partial charge in [-0.25, -0.2) is 0 Å². The van der Waals surface area contributed by atoms with Crippen LogP contribution in [0.2, 0.25) is 0 Å². The normalized spacial score (nSPS) is 21.5. The van der Waals surface area contributed by atoms with Crippen molar-refractivity contribution in [3.63, 3.8) is 0 Å². The van der Waals surface area contributed by atoms with Crippen molar-refractivity contribution in [1.29, 1.82) is 0 Å². The highest BCUT2D eigenvalue weighted by molar-refractivity contribution is 5.80. The SMILES string of the molecule is CC(N[C@H](C)C(=O)N(C)C)C1CCCCC1. The molecule has 1 unspecified atom stereocenters. The van der Waals surface area contributed by atoms with Gasteiger partial charge in [0, 0.05) is 20.1 Å². The van der Waals surface area contributed by atoms with E-state index in [0.717, 1.165) is 5.92 Å². The van der Waals surface area contributed by atoms with Gasteiger partial charge >= 0.3 is 0 Å². The molecule has 1 amide bonds. The highest BCUT2D eigenvalue weighted by Crippen LogP contribution is 2.26. The molecular formula is C13H26N2O. The molecule has 0 bridgehead atoms. The summed E-state index contributed by atoms with van der Waals surface area (Å²) in [5, 5.41) is 3.44. The first-order valence-electron chi connectivity index (χ1n) is 6.49. The highest BCUT2D eigenvalue weighted by Gasteiger charge is 2.23. The molecule has 1 fully saturated rings. The van der Waals surface area contributed by atoms with E-state index in [9.17, 15) is 4.79 Å². The smallest absolute Gasteiger partial charge is 0.238 e. The first-order valence-corrected chi connectivity index (χ1v) is 6.49. The van der Waals surface area contributed by atoms with Crippen LogP contribution in [0.25, 0.3) is 0 Å². The average Bonchev–Trinajstić information content (AvgIpc) is 2.28. The van der Waals surface area contributed by atoms with Crippen LogP contribution in [0.1, 0.15) is 46.0 Å². The summed E-state index contributed by atoms with van der Waals surface area (Å²) in [5.41, 5.74) is 0. The number of hydrogen-bond acceptors (Lipinski definition) is 2. The Kier molecular flexibility index (Phi) is 5.26. The third kappa shape index (κ3) is 3.78. The Morgan fingerprint density at radius 1 is 1.19 bits per heavy atom. The van der Waals surface area contributed by atoms with Crippen LogP contribution in [0.5, 0.6) is 0 Å². The molecule has 0 saturated heterocycles. The Morgan fingerprint density at radius 2 is 1.75 bits per heavy atom. The van der Waals surface area contributed by atoms with Crippen molar-refractivity contribution in [1.82, 2.24) is 10.2 Å². The molecule has 1 aliphatic carbocycles. The molecule has 0 spiro atoms. The van der Waals surface area contributed by atoms with Gasteiger partial charge in [-0.15, -0.1) is 0 Å². The van der Waals surface area contributed by atoms with Gasteiger partial charge in [0.05, 0.1) is 6.04 Å². The Morgan fingerprint density at radius 3 is 2.25 bits per heavy atom. The molecule has 3 nitrogen and oxygen atoms in total. The first-order chi connectivity index (χ1) is 7.52. The molecular weight excluding hydrogens is 200 g/mol. The number of nitrogens with zero attached hydrogens (tertiary/aromatic N) is 1. The molecule has 0 heterocycles. The molecule has 1 N–H and O–H groups in total. The van der Waals surface area contributed by atoms with Crippen LogP contribution in [-0.4, -0.2) is 37.0 Å². The van der Waals surface area contributed by atoms with Gasteiger partial charge in [-0.05, 0) is 32.6 Å². The van der Waals surface area contributed by atoms with E-state index in [1.165, 1.54) is 32.1 Å². The van der Waals surface area contributed by atoms with Crippen LogP contribution in [-0.2, 0) is 4.79 Å². The Hall–Kier alpha value is -0.570. The lowest BCUT2D eigenvalue weighted by molar-refractivity contribution is -0.130. The van der Waals surface area contributed by atoms with Gasteiger partial charge in [0.1, 0.15) is 0 Å². The van der Waals surface area contributed by atoms with Crippen LogP contribution in [0.3, 0.4) is 0 Å². The zero-order chi connectivity index (χ0) is 12.1. The van der Waals surface area contributed by atoms with E-state index in [4.69, 9.17) is 0 Å². The summed E-state index contributed by atoms with van der Waals surface area (Å²) in [7, 11) is 3.62. The van der Waals surface area contributed by atoms with Gasteiger partial charge in [0.2, 0.25) is 5.91 Å². The molecule has 2 atom stereocenters. The van der Waals surface area contributed by atoms with Crippen LogP contribution in [0.15, 0.2) is 0 Å². The third-order valence-electron chi connectivity index (χ3n) is 3.68. The van der Waals surface area contributed by atoms with E-state index < -0.39 is 0 Å². The van der Waals surface area contributed by atoms with E-state index in [0.29, 0.717) is 6.04 Å². The number of carbonyl (C=O) groups is 1. The zero-order valence-corrected chi connectivity index (χ0v) is 11.1. The predicted molar refractivity (Wildman–Crippen MR) is 67.3 cm³/mol. The van der Waals surface area contributed by atoms with Crippen LogP contribution < -0.4 is 5.32 Å². The molecule has 1 rings (SSSR count). The summed E-state index contributed by atoms with van der Waals surface area (Å²) in [6.45, 7) is 4.18. The zero-order valence-electron chi connectivity index (χ0n) is 11.1. The number of amides is 1. The van der Waals surface area contributed by atoms with Crippen molar-refractivity contribution in [3.8, 4) is 0 Å². The minimum atomic E-state index is -0.0630. The second kappa shape index (κ2) is 6.24. The molecule has 16 heavy (non-hydrogen) atoms. The number of carbonyl (C=O) groups excluding carboxylic acids is 1. The topological polar surface area (TPSA) is 32.3 Å². The van der Waals surface area contributed by atoms with Crippen LogP contribution >= 0.6 is 0 Å². The summed E-state index contributed by atoms with van der Waals surface area (Å²) < 4.78 is 0. The van der Waals surface area contributed by atoms with Gasteiger partial charge in [-0.2, -0.15) is 0 Å². The highest BCUT2D eigenvalue weighted by atomic mass is 16.2. The molecule has 1 saturated carbocycles. The molecule has 0 aromatic heterocycles. The molecule has 3 heteroatoms. The van der Waals surface area contributed by atoms with E-state index in [1.54, 1.807) is 4.90 Å². The van der Waals surface area contributed by atoms with Gasteiger partial charge < -0.3 is 10.2 Å². The Balaban J connectivity index is 2.37. The van der Waals surface area contributed by atoms with Crippen molar-refractivity contribution in [2.24, 2.45) is 5.92 Å². The average molecular weight is 226 g/mol. The first kappa shape index (κ1) is 13.5. The van der Waals surface area contributed by atoms with E-state index >= 15 is 0 Å². The van der Waals surface area contributed by atoms with Gasteiger partial charge in [-0.1, -0.05) is 19.3 Å². The predicted octanol–water partition coefficient (Wildman–Crippen LogP) is 2.02. The van der Waals surface area contributed by atoms with E-state index in [1.807, 2.05) is 21.0 Å². The monoisotopic (exact) mass is 226 g/mol. The molecule has 0 radical (unpaired) electrons. The molecule has 0 aliphatic heterocycles. The lowest BCUT2D eigenvalue weighted by Crippen LogP contribution is -2.47. The summed E-state index contributed by atoms with van der Waals surface area (Å²) in [5.74, 6) is 0.925. The lowest BCUT2D eigenvalue weighted by atomic mass is 9.84. The van der Waals surface area contributed by atoms with Gasteiger partial charge in [0.15, 0.2) is 0 Å². The summed E-state index contributed by atoms with van der Waals surface area (Å²) in [6.07, 6.45) is 6.73. The maximum atomic E-state index is 11.7. The number of nitrogens with one attached hydrogen (secondary N) is 1. The molecule has 1 aliphatic rings. The second-order valence-electron chi connectivity index (χ2n) is 5.31. The lowest BCUT2D eigenvalue weighted by Gasteiger charge is -2.31. The Labute approximate surface area is 99.6 Å². The van der Waals surface area contributed by atoms with Crippen molar-refractivity contribution in [2.45, 2.75) is 58.0 Å². The standard InChI is InChI=1S/C13H26N2O/c1-10(12-8-6-5-7-9-12)14-11(2)13(16)15(3)4/h10-12,14H,5-9H2,1-4H3/t10?,11-/m1/s1. The molecule has 94 valence electrons. The van der Waals surface area contributed by atoms with Gasteiger partial charge in [-0.3, -0.25) is 4.79 Å². The maximum Gasteiger partial charge on any atom is 0.238 e. The number of hydrogen-bond donors (Lipinski definition) is 1. The van der Waals surface area contributed by atoms with Crippen LogP contribution in [0, 0.1) is 5.92 Å². The maximum absolute atomic E-state index is 11.7. The number of likely N-dealkylation sites (N-methyl/N-ethyl adjacent to an activating group) is 1. The van der Waals surface area contributed by atoms with E-state index in [2.05, 4.69) is 12.2 Å². The minimum absolute atomic E-state index is 0.0630. The fourth-order valence-electron chi connectivity index (χ4n) is 2.62. The number of rotatable bonds is 4. The second-order valence-corrected chi connectivity index (χ2v) is 5.31. The summed E-state index contributed by atoms with van der Waals surface area (Å²) in [6, 6.07) is 0.395. The van der Waals surface area contributed by atoms with Crippen molar-refractivity contribution < 1.29 is 4.79 Å². The summed E-state index contributed by atoms with van der Waals surface area (Å²) in [4.78, 5) is 13.4. The quantitative estimate of drug-likeness (QED) is 0.795. The third-order valence-corrected chi connectivity index (χ3v) is 3.68. The fourth-order valence-corrected chi connectivity index (χ4v) is 2.62. The Bertz CT molecular complexity index is 222. The molecule has 0 aromatic carbocycles. The van der Waals surface area contributed by atoms with Crippen LogP contribution in [0.4, 0.5) is 0 Å². The summed E-state index contributed by atoms with van der Waals surface area (Å²) >= 11 is 0. The van der Waals surface area contributed by atoms with Gasteiger partial charge in [0.25, 0.3) is 0 Å². The largest absolute Gasteiger partial charge is 0.347 e. The van der Waals surface area contributed by atoms with E-state index in [-0.39, 0.29) is 11.9 Å². The minimum Gasteiger partial charge on any atom is -0.347 e.